The molecule has 4 amide bonds. The van der Waals surface area contributed by atoms with Gasteiger partial charge in [0.2, 0.25) is 11.8 Å². The minimum absolute atomic E-state index is 0.120. The van der Waals surface area contributed by atoms with Crippen LogP contribution in [0.15, 0.2) is 61.1 Å². The van der Waals surface area contributed by atoms with E-state index in [1.807, 2.05) is 59.7 Å². The van der Waals surface area contributed by atoms with Gasteiger partial charge in [-0.1, -0.05) is 71.0 Å². The number of hydrogen-bond acceptors (Lipinski definition) is 8. The number of amides is 4. The van der Waals surface area contributed by atoms with Crippen molar-refractivity contribution in [1.82, 2.24) is 44.9 Å². The number of H-pyrrole nitrogens is 2. The second kappa shape index (κ2) is 18.2. The molecule has 4 atom stereocenters. The van der Waals surface area contributed by atoms with Crippen LogP contribution < -0.4 is 10.6 Å². The van der Waals surface area contributed by atoms with E-state index in [1.54, 1.807) is 11.1 Å². The highest BCUT2D eigenvalue weighted by Crippen LogP contribution is 2.38. The number of imidazole rings is 2. The average molecular weight is 808 g/mol. The summed E-state index contributed by atoms with van der Waals surface area (Å²) < 4.78 is 11.7. The molecule has 15 nitrogen and oxygen atoms in total. The lowest BCUT2D eigenvalue weighted by Crippen LogP contribution is -2.52. The van der Waals surface area contributed by atoms with Crippen LogP contribution in [-0.2, 0) is 26.1 Å². The topological polar surface area (TPSA) is 180 Å². The molecule has 0 saturated carbocycles. The molecular formula is C44H57N9O6. The van der Waals surface area contributed by atoms with Gasteiger partial charge in [0.15, 0.2) is 0 Å². The van der Waals surface area contributed by atoms with E-state index in [1.165, 1.54) is 14.2 Å². The van der Waals surface area contributed by atoms with Crippen LogP contribution in [0.3, 0.4) is 0 Å². The van der Waals surface area contributed by atoms with Gasteiger partial charge in [0.25, 0.3) is 0 Å². The van der Waals surface area contributed by atoms with Gasteiger partial charge >= 0.3 is 12.2 Å². The maximum Gasteiger partial charge on any atom is 0.407 e. The standard InChI is InChI=1S/C44H57N9O6/c1-10-20-52(41(54)36(25(2)3)49-43(56)58-8)27(6)39-45-23-33(47-39)29-15-13-28(14-16-29)30-17-18-32(38-31(30)19-22-51(38)7)34-24-46-40(48-34)35-12-11-21-53(35)42(55)37(26(4)5)50-44(57)59-9/h13-19,22-27,35-37H,10-12,20-21H2,1-9H3,(H,45,47)(H,46,48)(H,49,56)(H,50,57). The van der Waals surface area contributed by atoms with Gasteiger partial charge < -0.3 is 44.4 Å². The Labute approximate surface area is 345 Å². The molecule has 1 saturated heterocycles. The third-order valence-corrected chi connectivity index (χ3v) is 11.3. The van der Waals surface area contributed by atoms with Crippen molar-refractivity contribution in [3.8, 4) is 33.6 Å². The van der Waals surface area contributed by atoms with Crippen LogP contribution in [0.2, 0.25) is 0 Å². The van der Waals surface area contributed by atoms with Crippen molar-refractivity contribution >= 4 is 34.9 Å². The quantitative estimate of drug-likeness (QED) is 0.0899. The number of ether oxygens (including phenoxy) is 2. The highest BCUT2D eigenvalue weighted by atomic mass is 16.5. The molecule has 314 valence electrons. The largest absolute Gasteiger partial charge is 0.453 e. The van der Waals surface area contributed by atoms with Crippen LogP contribution in [-0.4, -0.2) is 97.7 Å². The normalized spacial score (nSPS) is 15.6. The number of nitrogens with zero attached hydrogens (tertiary/aromatic N) is 5. The van der Waals surface area contributed by atoms with Crippen LogP contribution in [0, 0.1) is 11.8 Å². The van der Waals surface area contributed by atoms with Crippen LogP contribution >= 0.6 is 0 Å². The molecule has 0 aliphatic carbocycles. The molecule has 1 fully saturated rings. The number of aromatic amines is 2. The first-order chi connectivity index (χ1) is 28.3. The molecule has 4 unspecified atom stereocenters. The third kappa shape index (κ3) is 8.83. The van der Waals surface area contributed by atoms with Crippen molar-refractivity contribution in [1.29, 1.82) is 0 Å². The van der Waals surface area contributed by atoms with Crippen molar-refractivity contribution < 1.29 is 28.7 Å². The zero-order chi connectivity index (χ0) is 42.5. The van der Waals surface area contributed by atoms with Crippen LogP contribution in [0.25, 0.3) is 44.5 Å². The molecular weight excluding hydrogens is 751 g/mol. The maximum atomic E-state index is 13.7. The van der Waals surface area contributed by atoms with E-state index >= 15 is 0 Å². The number of fused-ring (bicyclic) bond motifs is 1. The summed E-state index contributed by atoms with van der Waals surface area (Å²) >= 11 is 0. The van der Waals surface area contributed by atoms with Crippen molar-refractivity contribution in [3.05, 3.63) is 72.7 Å². The molecule has 15 heteroatoms. The average Bonchev–Trinajstić information content (AvgIpc) is 4.07. The molecule has 0 spiro atoms. The molecule has 4 N–H and O–H groups in total. The lowest BCUT2D eigenvalue weighted by Gasteiger charge is -2.33. The van der Waals surface area contributed by atoms with Gasteiger partial charge in [-0.25, -0.2) is 19.6 Å². The number of rotatable bonds is 14. The predicted octanol–water partition coefficient (Wildman–Crippen LogP) is 7.35. The van der Waals surface area contributed by atoms with E-state index in [-0.39, 0.29) is 35.7 Å². The zero-order valence-electron chi connectivity index (χ0n) is 35.5. The van der Waals surface area contributed by atoms with Crippen LogP contribution in [0.1, 0.15) is 84.5 Å². The molecule has 6 rings (SSSR count). The Balaban J connectivity index is 1.21. The number of likely N-dealkylation sites (tertiary alicyclic amines) is 1. The molecule has 1 aliphatic rings. The molecule has 59 heavy (non-hydrogen) atoms. The molecule has 5 aromatic rings. The number of aromatic nitrogens is 5. The lowest BCUT2D eigenvalue weighted by atomic mass is 9.97. The number of hydrogen-bond donors (Lipinski definition) is 4. The van der Waals surface area contributed by atoms with Gasteiger partial charge in [-0.05, 0) is 60.8 Å². The van der Waals surface area contributed by atoms with Gasteiger partial charge in [-0.2, -0.15) is 0 Å². The Morgan fingerprint density at radius 1 is 0.831 bits per heavy atom. The Kier molecular flexibility index (Phi) is 13.1. The van der Waals surface area contributed by atoms with E-state index < -0.39 is 24.3 Å². The number of alkyl carbamates (subject to hydrolysis) is 2. The van der Waals surface area contributed by atoms with Gasteiger partial charge in [-0.3, -0.25) is 9.59 Å². The smallest absolute Gasteiger partial charge is 0.407 e. The summed E-state index contributed by atoms with van der Waals surface area (Å²) in [5, 5.41) is 6.49. The molecule has 0 radical (unpaired) electrons. The summed E-state index contributed by atoms with van der Waals surface area (Å²) in [6.45, 7) is 12.6. The highest BCUT2D eigenvalue weighted by Gasteiger charge is 2.38. The van der Waals surface area contributed by atoms with E-state index in [0.717, 1.165) is 63.8 Å². The van der Waals surface area contributed by atoms with Crippen LogP contribution in [0.4, 0.5) is 9.59 Å². The minimum Gasteiger partial charge on any atom is -0.453 e. The van der Waals surface area contributed by atoms with Crippen molar-refractivity contribution in [2.75, 3.05) is 27.3 Å². The van der Waals surface area contributed by atoms with Crippen molar-refractivity contribution in [2.45, 2.75) is 85.0 Å². The Morgan fingerprint density at radius 2 is 1.46 bits per heavy atom. The maximum absolute atomic E-state index is 13.7. The monoisotopic (exact) mass is 807 g/mol. The summed E-state index contributed by atoms with van der Waals surface area (Å²) in [5.41, 5.74) is 6.79. The summed E-state index contributed by atoms with van der Waals surface area (Å²) in [6.07, 6.45) is 6.74. The van der Waals surface area contributed by atoms with Crippen molar-refractivity contribution in [2.24, 2.45) is 18.9 Å². The number of benzene rings is 2. The summed E-state index contributed by atoms with van der Waals surface area (Å²) in [5.74, 6) is 0.769. The second-order valence-electron chi connectivity index (χ2n) is 15.9. The molecule has 0 bridgehead atoms. The van der Waals surface area contributed by atoms with Gasteiger partial charge in [-0.15, -0.1) is 0 Å². The molecule has 2 aromatic carbocycles. The first-order valence-corrected chi connectivity index (χ1v) is 20.4. The highest BCUT2D eigenvalue weighted by molar-refractivity contribution is 6.03. The lowest BCUT2D eigenvalue weighted by molar-refractivity contribution is -0.137. The minimum atomic E-state index is -0.734. The molecule has 4 heterocycles. The van der Waals surface area contributed by atoms with E-state index in [2.05, 4.69) is 78.8 Å². The van der Waals surface area contributed by atoms with E-state index in [0.29, 0.717) is 24.7 Å². The number of nitrogens with one attached hydrogen (secondary N) is 4. The Hall–Kier alpha value is -6.12. The van der Waals surface area contributed by atoms with Crippen LogP contribution in [0.5, 0.6) is 0 Å². The van der Waals surface area contributed by atoms with Gasteiger partial charge in [0, 0.05) is 37.3 Å². The number of aryl methyl sites for hydroxylation is 1. The van der Waals surface area contributed by atoms with Crippen molar-refractivity contribution in [3.63, 3.8) is 0 Å². The first kappa shape index (κ1) is 42.5. The Bertz CT molecular complexity index is 2270. The number of carbonyl (C=O) groups excluding carboxylic acids is 4. The van der Waals surface area contributed by atoms with E-state index in [4.69, 9.17) is 14.5 Å². The zero-order valence-corrected chi connectivity index (χ0v) is 35.5. The fourth-order valence-electron chi connectivity index (χ4n) is 8.01. The van der Waals surface area contributed by atoms with Gasteiger partial charge in [0.1, 0.15) is 23.7 Å². The fourth-order valence-corrected chi connectivity index (χ4v) is 8.01. The number of carbonyl (C=O) groups is 4. The Morgan fingerprint density at radius 3 is 2.10 bits per heavy atom. The summed E-state index contributed by atoms with van der Waals surface area (Å²) in [7, 11) is 4.60. The predicted molar refractivity (Wildman–Crippen MR) is 226 cm³/mol. The molecule has 1 aliphatic heterocycles. The second-order valence-corrected chi connectivity index (χ2v) is 15.9. The molecule has 3 aromatic heterocycles. The van der Waals surface area contributed by atoms with Gasteiger partial charge in [0.05, 0.1) is 55.6 Å². The fraction of sp³-hybridized carbons (Fsp3) is 0.455. The third-order valence-electron chi connectivity index (χ3n) is 11.3. The SMILES string of the molecule is CCCN(C(=O)C(NC(=O)OC)C(C)C)C(C)c1ncc(-c2ccc(-c3ccc(-c4cnc(C5CCCN5C(=O)C(NC(=O)OC)C(C)C)[nH]4)c4c3ccn4C)cc2)[nH]1. The van der Waals surface area contributed by atoms with E-state index in [9.17, 15) is 19.2 Å². The summed E-state index contributed by atoms with van der Waals surface area (Å²) in [4.78, 5) is 71.5. The first-order valence-electron chi connectivity index (χ1n) is 20.4. The number of methoxy groups -OCH3 is 2. The summed E-state index contributed by atoms with van der Waals surface area (Å²) in [6, 6.07) is 12.6.